The number of hydrogen-bond donors (Lipinski definition) is 0. The molecule has 0 saturated carbocycles. The second kappa shape index (κ2) is 9.84. The molecule has 2 nitrogen and oxygen atoms in total. The number of rotatable bonds is 1. The van der Waals surface area contributed by atoms with Crippen molar-refractivity contribution in [2.45, 2.75) is 53.5 Å². The Labute approximate surface area is 162 Å². The van der Waals surface area contributed by atoms with Gasteiger partial charge in [0.1, 0.15) is 0 Å². The van der Waals surface area contributed by atoms with Crippen LogP contribution in [-0.4, -0.2) is 23.5 Å². The predicted molar refractivity (Wildman–Crippen MR) is 116 cm³/mol. The quantitative estimate of drug-likeness (QED) is 0.492. The monoisotopic (exact) mass is 368 g/mol. The van der Waals surface area contributed by atoms with Crippen LogP contribution < -0.4 is 0 Å². The molecule has 0 fully saturated rings. The van der Waals surface area contributed by atoms with E-state index in [4.69, 9.17) is 0 Å². The van der Waals surface area contributed by atoms with Gasteiger partial charge < -0.3 is 4.90 Å². The summed E-state index contributed by atoms with van der Waals surface area (Å²) in [6.45, 7) is 12.9. The van der Waals surface area contributed by atoms with Gasteiger partial charge in [0.05, 0.1) is 15.2 Å². The molecule has 3 heteroatoms. The van der Waals surface area contributed by atoms with E-state index in [0.29, 0.717) is 5.92 Å². The lowest BCUT2D eigenvalue weighted by atomic mass is 9.90. The zero-order valence-electron chi connectivity index (χ0n) is 17.0. The molecule has 1 aliphatic heterocycles. The van der Waals surface area contributed by atoms with Crippen LogP contribution in [0.3, 0.4) is 0 Å². The minimum Gasteiger partial charge on any atom is -0.302 e. The van der Waals surface area contributed by atoms with Gasteiger partial charge in [-0.3, -0.25) is 0 Å². The van der Waals surface area contributed by atoms with Gasteiger partial charge >= 0.3 is 0 Å². The van der Waals surface area contributed by atoms with Gasteiger partial charge in [0.2, 0.25) is 0 Å². The third-order valence-electron chi connectivity index (χ3n) is 4.52. The number of fused-ring (bicyclic) bond motifs is 2. The molecule has 0 N–H and O–H groups in total. The molecular formula is C23H32N2S. The van der Waals surface area contributed by atoms with Gasteiger partial charge in [0.15, 0.2) is 0 Å². The van der Waals surface area contributed by atoms with Gasteiger partial charge in [-0.1, -0.05) is 58.0 Å². The zero-order chi connectivity index (χ0) is 19.1. The van der Waals surface area contributed by atoms with Crippen LogP contribution in [0.25, 0.3) is 10.2 Å². The van der Waals surface area contributed by atoms with E-state index >= 15 is 0 Å². The Morgan fingerprint density at radius 3 is 2.46 bits per heavy atom. The molecule has 0 atom stereocenters. The molecule has 4 rings (SSSR count). The first kappa shape index (κ1) is 20.6. The topological polar surface area (TPSA) is 16.1 Å². The Hall–Kier alpha value is -1.71. The van der Waals surface area contributed by atoms with Gasteiger partial charge in [-0.15, -0.1) is 11.3 Å². The predicted octanol–water partition coefficient (Wildman–Crippen LogP) is 6.43. The Morgan fingerprint density at radius 2 is 1.77 bits per heavy atom. The van der Waals surface area contributed by atoms with Crippen LogP contribution in [0.2, 0.25) is 0 Å². The molecule has 0 bridgehead atoms. The van der Waals surface area contributed by atoms with E-state index < -0.39 is 0 Å². The summed E-state index contributed by atoms with van der Waals surface area (Å²) in [7, 11) is 2.21. The number of benzene rings is 2. The molecular weight excluding hydrogens is 336 g/mol. The Balaban J connectivity index is 0.000000178. The van der Waals surface area contributed by atoms with Crippen molar-refractivity contribution in [2.24, 2.45) is 0 Å². The van der Waals surface area contributed by atoms with E-state index in [1.165, 1.54) is 23.2 Å². The number of thiazole rings is 1. The van der Waals surface area contributed by atoms with E-state index in [0.717, 1.165) is 17.1 Å². The van der Waals surface area contributed by atoms with Crippen molar-refractivity contribution in [3.05, 3.63) is 64.2 Å². The third-order valence-corrected chi connectivity index (χ3v) is 5.47. The molecule has 0 radical (unpaired) electrons. The first-order chi connectivity index (χ1) is 12.5. The number of likely N-dealkylation sites (N-methyl/N-ethyl adjacent to an activating group) is 1. The van der Waals surface area contributed by atoms with Crippen molar-refractivity contribution in [3.63, 3.8) is 0 Å². The van der Waals surface area contributed by atoms with Crippen LogP contribution in [0.15, 0.2) is 42.5 Å². The Morgan fingerprint density at radius 1 is 1.04 bits per heavy atom. The minimum atomic E-state index is 0.649. The molecule has 1 aromatic heterocycles. The molecule has 0 spiro atoms. The summed E-state index contributed by atoms with van der Waals surface area (Å²) in [5.41, 5.74) is 5.80. The van der Waals surface area contributed by atoms with E-state index in [-0.39, 0.29) is 0 Å². The van der Waals surface area contributed by atoms with Crippen molar-refractivity contribution in [2.75, 3.05) is 13.6 Å². The van der Waals surface area contributed by atoms with Crippen LogP contribution in [0.5, 0.6) is 0 Å². The number of aryl methyl sites for hydroxylation is 1. The lowest BCUT2D eigenvalue weighted by Crippen LogP contribution is -2.27. The van der Waals surface area contributed by atoms with Crippen LogP contribution in [0.4, 0.5) is 0 Å². The summed E-state index contributed by atoms with van der Waals surface area (Å²) < 4.78 is 1.28. The highest BCUT2D eigenvalue weighted by Gasteiger charge is 2.17. The summed E-state index contributed by atoms with van der Waals surface area (Å²) in [5, 5.41) is 1.14. The highest BCUT2D eigenvalue weighted by Crippen LogP contribution is 2.26. The van der Waals surface area contributed by atoms with Crippen molar-refractivity contribution < 1.29 is 0 Å². The van der Waals surface area contributed by atoms with Crippen LogP contribution in [0, 0.1) is 6.92 Å². The maximum Gasteiger partial charge on any atom is 0.0907 e. The first-order valence-electron chi connectivity index (χ1n) is 9.66. The number of hydrogen-bond acceptors (Lipinski definition) is 3. The van der Waals surface area contributed by atoms with Gasteiger partial charge in [0, 0.05) is 13.1 Å². The zero-order valence-corrected chi connectivity index (χ0v) is 17.9. The molecule has 0 saturated heterocycles. The standard InChI is InChI=1S/C13H19N.C8H7NS.C2H6/c1-10(2)12-6-4-5-11-7-8-14(3)9-13(11)12;1-6-9-7-4-2-3-5-8(7)10-6;1-2/h4-6,10H,7-9H2,1-3H3;2-5H,1H3;1-2H3. The molecule has 0 amide bonds. The van der Waals surface area contributed by atoms with E-state index in [2.05, 4.69) is 55.0 Å². The fourth-order valence-electron chi connectivity index (χ4n) is 3.27. The van der Waals surface area contributed by atoms with Gasteiger partial charge in [-0.05, 0) is 55.1 Å². The smallest absolute Gasteiger partial charge is 0.0907 e. The largest absolute Gasteiger partial charge is 0.302 e. The van der Waals surface area contributed by atoms with Crippen molar-refractivity contribution in [3.8, 4) is 0 Å². The minimum absolute atomic E-state index is 0.649. The van der Waals surface area contributed by atoms with Crippen molar-refractivity contribution in [1.82, 2.24) is 9.88 Å². The van der Waals surface area contributed by atoms with Gasteiger partial charge in [-0.25, -0.2) is 4.98 Å². The maximum absolute atomic E-state index is 4.33. The van der Waals surface area contributed by atoms with Crippen molar-refractivity contribution >= 4 is 21.6 Å². The number of nitrogens with zero attached hydrogens (tertiary/aromatic N) is 2. The highest BCUT2D eigenvalue weighted by molar-refractivity contribution is 7.18. The molecule has 0 aliphatic carbocycles. The molecule has 26 heavy (non-hydrogen) atoms. The fourth-order valence-corrected chi connectivity index (χ4v) is 4.10. The SMILES string of the molecule is CC.CC(C)c1cccc2c1CN(C)CC2.Cc1nc2ccccc2s1. The number of aromatic nitrogens is 1. The second-order valence-electron chi connectivity index (χ2n) is 6.83. The third kappa shape index (κ3) is 5.15. The number of para-hydroxylation sites is 1. The summed E-state index contributed by atoms with van der Waals surface area (Å²) >= 11 is 1.74. The van der Waals surface area contributed by atoms with E-state index in [1.54, 1.807) is 22.5 Å². The fraction of sp³-hybridized carbons (Fsp3) is 0.435. The molecule has 1 aliphatic rings. The van der Waals surface area contributed by atoms with Crippen LogP contribution in [0.1, 0.15) is 55.3 Å². The summed E-state index contributed by atoms with van der Waals surface area (Å²) in [5.74, 6) is 0.649. The first-order valence-corrected chi connectivity index (χ1v) is 10.5. The normalized spacial score (nSPS) is 13.5. The molecule has 3 aromatic rings. The van der Waals surface area contributed by atoms with Crippen LogP contribution >= 0.6 is 11.3 Å². The Bertz CT molecular complexity index is 787. The summed E-state index contributed by atoms with van der Waals surface area (Å²) in [6.07, 6.45) is 1.21. The van der Waals surface area contributed by atoms with E-state index in [9.17, 15) is 0 Å². The highest BCUT2D eigenvalue weighted by atomic mass is 32.1. The molecule has 2 heterocycles. The molecule has 2 aromatic carbocycles. The summed E-state index contributed by atoms with van der Waals surface area (Å²) in [6, 6.07) is 15.0. The van der Waals surface area contributed by atoms with Crippen molar-refractivity contribution in [1.29, 1.82) is 0 Å². The van der Waals surface area contributed by atoms with Crippen LogP contribution in [-0.2, 0) is 13.0 Å². The average molecular weight is 369 g/mol. The van der Waals surface area contributed by atoms with Gasteiger partial charge in [-0.2, -0.15) is 0 Å². The lowest BCUT2D eigenvalue weighted by Gasteiger charge is -2.28. The van der Waals surface area contributed by atoms with Gasteiger partial charge in [0.25, 0.3) is 0 Å². The average Bonchev–Trinajstić information content (AvgIpc) is 3.03. The Kier molecular flexibility index (Phi) is 7.80. The molecule has 140 valence electrons. The van der Waals surface area contributed by atoms with E-state index in [1.807, 2.05) is 39.0 Å². The summed E-state index contributed by atoms with van der Waals surface area (Å²) in [4.78, 5) is 6.74. The lowest BCUT2D eigenvalue weighted by molar-refractivity contribution is 0.311. The second-order valence-corrected chi connectivity index (χ2v) is 8.06. The molecule has 0 unspecified atom stereocenters. The maximum atomic E-state index is 4.33.